The van der Waals surface area contributed by atoms with Crippen molar-refractivity contribution in [3.63, 3.8) is 0 Å². The minimum absolute atomic E-state index is 0. The summed E-state index contributed by atoms with van der Waals surface area (Å²) in [7, 11) is 0. The molecule has 8 rings (SSSR count). The molecule has 1 radical (unpaired) electrons. The van der Waals surface area contributed by atoms with E-state index in [1.807, 2.05) is 35.7 Å². The molecule has 1 N–H and O–H groups in total. The fourth-order valence-corrected chi connectivity index (χ4v) is 6.73. The Morgan fingerprint density at radius 2 is 1.55 bits per heavy atom. The summed E-state index contributed by atoms with van der Waals surface area (Å²) in [5, 5.41) is 16.2. The van der Waals surface area contributed by atoms with Crippen molar-refractivity contribution in [2.45, 2.75) is 13.8 Å². The third-order valence-electron chi connectivity index (χ3n) is 7.10. The number of ketones is 1. The van der Waals surface area contributed by atoms with Crippen LogP contribution >= 0.6 is 11.3 Å². The van der Waals surface area contributed by atoms with E-state index >= 15 is 0 Å². The molecule has 0 amide bonds. The quantitative estimate of drug-likeness (QED) is 0.110. The number of thiophene rings is 1. The molecule has 0 aliphatic carbocycles. The summed E-state index contributed by atoms with van der Waals surface area (Å²) >= 11 is 1.88. The number of fused-ring (bicyclic) bond motifs is 9. The van der Waals surface area contributed by atoms with Gasteiger partial charge >= 0.3 is 0 Å². The first-order valence-electron chi connectivity index (χ1n) is 12.7. The Morgan fingerprint density at radius 3 is 2.25 bits per heavy atom. The average Bonchev–Trinajstić information content (AvgIpc) is 3.58. The fourth-order valence-electron chi connectivity index (χ4n) is 5.60. The van der Waals surface area contributed by atoms with E-state index in [1.165, 1.54) is 78.2 Å². The molecule has 0 atom stereocenters. The van der Waals surface area contributed by atoms with E-state index in [0.29, 0.717) is 0 Å². The molecule has 40 heavy (non-hydrogen) atoms. The number of carbonyl (C=O) groups excluding carboxylic acids is 1. The average molecular weight is 716 g/mol. The molecule has 8 aromatic rings. The number of rotatable bonds is 2. The zero-order valence-electron chi connectivity index (χ0n) is 21.7. The maximum Gasteiger partial charge on any atom is 0.155 e. The molecule has 0 bridgehead atoms. The van der Waals surface area contributed by atoms with Gasteiger partial charge in [-0.05, 0) is 54.7 Å². The first-order chi connectivity index (χ1) is 19.0. The Hall–Kier alpha value is -4.09. The predicted octanol–water partition coefficient (Wildman–Crippen LogP) is 9.10. The van der Waals surface area contributed by atoms with E-state index in [1.54, 1.807) is 0 Å². The van der Waals surface area contributed by atoms with Crippen LogP contribution in [0.5, 0.6) is 0 Å². The number of pyridine rings is 1. The summed E-state index contributed by atoms with van der Waals surface area (Å²) in [5.41, 5.74) is 5.75. The molecule has 0 unspecified atom stereocenters. The normalized spacial score (nSPS) is 11.9. The monoisotopic (exact) mass is 716 g/mol. The third kappa shape index (κ3) is 4.16. The van der Waals surface area contributed by atoms with E-state index in [-0.39, 0.29) is 31.6 Å². The van der Waals surface area contributed by atoms with Gasteiger partial charge in [0.15, 0.2) is 5.78 Å². The molecule has 0 saturated carbocycles. The number of aliphatic hydroxyl groups excluding tert-OH is 1. The predicted molar refractivity (Wildman–Crippen MR) is 163 cm³/mol. The van der Waals surface area contributed by atoms with Gasteiger partial charge < -0.3 is 14.5 Å². The number of hydrogen-bond donors (Lipinski definition) is 1. The number of benzene rings is 4. The van der Waals surface area contributed by atoms with Gasteiger partial charge in [-0.2, -0.15) is 0 Å². The number of nitrogens with zero attached hydrogens (tertiary/aromatic N) is 2. The van der Waals surface area contributed by atoms with Gasteiger partial charge in [0, 0.05) is 68.8 Å². The Labute approximate surface area is 247 Å². The first-order valence-corrected chi connectivity index (χ1v) is 13.6. The molecule has 0 spiro atoms. The zero-order chi connectivity index (χ0) is 26.7. The Bertz CT molecular complexity index is 2220. The van der Waals surface area contributed by atoms with Crippen LogP contribution in [0, 0.1) is 6.07 Å². The summed E-state index contributed by atoms with van der Waals surface area (Å²) in [6, 6.07) is 34.0. The second-order valence-corrected chi connectivity index (χ2v) is 10.8. The van der Waals surface area contributed by atoms with Gasteiger partial charge in [0.25, 0.3) is 0 Å². The van der Waals surface area contributed by atoms with Gasteiger partial charge in [-0.1, -0.05) is 53.9 Å². The third-order valence-corrected chi connectivity index (χ3v) is 8.23. The summed E-state index contributed by atoms with van der Waals surface area (Å²) in [6.07, 6.45) is 3.00. The number of carbonyl (C=O) groups is 1. The number of aromatic nitrogens is 2. The van der Waals surface area contributed by atoms with Crippen molar-refractivity contribution in [2.24, 2.45) is 0 Å². The second-order valence-electron chi connectivity index (χ2n) is 9.76. The van der Waals surface area contributed by atoms with Crippen LogP contribution in [0.2, 0.25) is 0 Å². The molecular weight excluding hydrogens is 693 g/mol. The van der Waals surface area contributed by atoms with Crippen LogP contribution in [0.3, 0.4) is 0 Å². The molecule has 197 valence electrons. The fraction of sp³-hybridized carbons (Fsp3) is 0.0588. The van der Waals surface area contributed by atoms with Crippen LogP contribution in [-0.2, 0) is 24.9 Å². The summed E-state index contributed by atoms with van der Waals surface area (Å²) in [5.74, 6) is -0.0625. The van der Waals surface area contributed by atoms with E-state index in [2.05, 4.69) is 82.2 Å². The van der Waals surface area contributed by atoms with Crippen molar-refractivity contribution in [1.29, 1.82) is 0 Å². The number of aliphatic hydroxyl groups is 1. The van der Waals surface area contributed by atoms with Crippen molar-refractivity contribution in [1.82, 2.24) is 9.38 Å². The van der Waals surface area contributed by atoms with Crippen molar-refractivity contribution in [3.05, 3.63) is 109 Å². The number of allylic oxidation sites excluding steroid dienone is 2. The topological polar surface area (TPSA) is 54.6 Å². The largest absolute Gasteiger partial charge is 0.512 e. The van der Waals surface area contributed by atoms with Crippen LogP contribution in [0.15, 0.2) is 103 Å². The van der Waals surface area contributed by atoms with E-state index in [4.69, 9.17) is 5.11 Å². The summed E-state index contributed by atoms with van der Waals surface area (Å²) < 4.78 is 5.12. The van der Waals surface area contributed by atoms with Gasteiger partial charge in [-0.15, -0.1) is 35.1 Å². The Morgan fingerprint density at radius 1 is 0.825 bits per heavy atom. The van der Waals surface area contributed by atoms with Gasteiger partial charge in [0.05, 0.1) is 11.3 Å². The maximum absolute atomic E-state index is 10.0. The molecule has 6 heteroatoms. The summed E-state index contributed by atoms with van der Waals surface area (Å²) in [4.78, 5) is 14.5. The Balaban J connectivity index is 0.000000325. The van der Waals surface area contributed by atoms with Crippen LogP contribution in [0.1, 0.15) is 13.8 Å². The van der Waals surface area contributed by atoms with Gasteiger partial charge in [0.2, 0.25) is 0 Å². The molecular formula is C34H23IrN2O2S-. The molecule has 0 saturated heterocycles. The molecule has 4 nitrogen and oxygen atoms in total. The van der Waals surface area contributed by atoms with Crippen LogP contribution in [0.25, 0.3) is 69.5 Å². The molecule has 0 aliphatic rings. The maximum atomic E-state index is 10.0. The smallest absolute Gasteiger partial charge is 0.155 e. The SMILES string of the molecule is CC(=O)/C=C(/C)O.[Ir].[c-]1cc2c(cc1-c1ccccn1)c1cccc3c4cc5sc6ccccc6c5cc4n2c13. The van der Waals surface area contributed by atoms with Gasteiger partial charge in [-0.3, -0.25) is 4.79 Å². The van der Waals surface area contributed by atoms with Gasteiger partial charge in [0.1, 0.15) is 0 Å². The molecule has 4 heterocycles. The molecule has 4 aromatic carbocycles. The van der Waals surface area contributed by atoms with Crippen LogP contribution < -0.4 is 0 Å². The first kappa shape index (κ1) is 26.1. The Kier molecular flexibility index (Phi) is 6.63. The zero-order valence-corrected chi connectivity index (χ0v) is 24.9. The van der Waals surface area contributed by atoms with Crippen LogP contribution in [-0.4, -0.2) is 20.3 Å². The summed E-state index contributed by atoms with van der Waals surface area (Å²) in [6.45, 7) is 2.85. The number of hydrogen-bond acceptors (Lipinski definition) is 4. The van der Waals surface area contributed by atoms with E-state index < -0.39 is 0 Å². The number of para-hydroxylation sites is 1. The molecule has 4 aromatic heterocycles. The van der Waals surface area contributed by atoms with Crippen molar-refractivity contribution >= 4 is 75.4 Å². The standard InChI is InChI=1S/C29H15N2S.C5H8O2.Ir/c1-2-10-27-18(6-1)23-15-26-22(16-28(23)32-27)20-8-5-7-19-21-14-17(24-9-3-4-13-30-24)11-12-25(21)31(26)29(19)20;1-4(6)3-5(2)7;/h1-10,12-16H;3,6H,1-2H3;/q-1;;/b;4-3-;. The minimum Gasteiger partial charge on any atom is -0.512 e. The van der Waals surface area contributed by atoms with E-state index in [0.717, 1.165) is 11.3 Å². The van der Waals surface area contributed by atoms with Crippen molar-refractivity contribution in [3.8, 4) is 11.3 Å². The van der Waals surface area contributed by atoms with Gasteiger partial charge in [-0.25, -0.2) is 0 Å². The van der Waals surface area contributed by atoms with E-state index in [9.17, 15) is 4.79 Å². The second kappa shape index (κ2) is 10.1. The molecule has 0 fully saturated rings. The van der Waals surface area contributed by atoms with Crippen molar-refractivity contribution in [2.75, 3.05) is 0 Å². The molecule has 0 aliphatic heterocycles. The van der Waals surface area contributed by atoms with Crippen LogP contribution in [0.4, 0.5) is 0 Å². The van der Waals surface area contributed by atoms with Crippen molar-refractivity contribution < 1.29 is 30.0 Å². The minimum atomic E-state index is -0.125.